The summed E-state index contributed by atoms with van der Waals surface area (Å²) in [4.78, 5) is 2.11. The van der Waals surface area contributed by atoms with Crippen LogP contribution >= 0.6 is 12.4 Å². The highest BCUT2D eigenvalue weighted by molar-refractivity contribution is 5.85. The van der Waals surface area contributed by atoms with Gasteiger partial charge in [-0.2, -0.15) is 0 Å². The van der Waals surface area contributed by atoms with Crippen molar-refractivity contribution in [3.63, 3.8) is 0 Å². The quantitative estimate of drug-likeness (QED) is 0.615. The predicted molar refractivity (Wildman–Crippen MR) is 41.6 cm³/mol. The van der Waals surface area contributed by atoms with Gasteiger partial charge in [-0.25, -0.2) is 0 Å². The van der Waals surface area contributed by atoms with Crippen LogP contribution in [-0.2, 0) is 4.74 Å². The third kappa shape index (κ3) is 1.61. The Kier molecular flexibility index (Phi) is 3.59. The smallest absolute Gasteiger partial charge is 0.116 e. The standard InChI is InChI=1S/C6H13NO2.ClH/c1-7-3-6(4-7,5-8)9-2;/h8H,3-5H2,1-2H3;1H. The first-order valence-electron chi connectivity index (χ1n) is 3.07. The molecule has 0 aliphatic carbocycles. The Morgan fingerprint density at radius 1 is 1.60 bits per heavy atom. The highest BCUT2D eigenvalue weighted by Gasteiger charge is 2.40. The molecule has 1 N–H and O–H groups in total. The van der Waals surface area contributed by atoms with Gasteiger partial charge in [-0.05, 0) is 7.05 Å². The number of likely N-dealkylation sites (tertiary alicyclic amines) is 1. The number of halogens is 1. The second-order valence-electron chi connectivity index (χ2n) is 2.72. The van der Waals surface area contributed by atoms with Gasteiger partial charge in [0.2, 0.25) is 0 Å². The fraction of sp³-hybridized carbons (Fsp3) is 1.00. The number of methoxy groups -OCH3 is 1. The monoisotopic (exact) mass is 167 g/mol. The molecule has 1 heterocycles. The fourth-order valence-electron chi connectivity index (χ4n) is 1.23. The number of aliphatic hydroxyl groups is 1. The first kappa shape index (κ1) is 10.2. The van der Waals surface area contributed by atoms with Crippen LogP contribution in [0.25, 0.3) is 0 Å². The van der Waals surface area contributed by atoms with Crippen LogP contribution in [-0.4, -0.2) is 49.5 Å². The molecular weight excluding hydrogens is 154 g/mol. The number of hydrogen-bond acceptors (Lipinski definition) is 3. The molecule has 3 nitrogen and oxygen atoms in total. The summed E-state index contributed by atoms with van der Waals surface area (Å²) < 4.78 is 5.10. The van der Waals surface area contributed by atoms with E-state index in [1.807, 2.05) is 7.05 Å². The molecule has 0 saturated carbocycles. The van der Waals surface area contributed by atoms with Gasteiger partial charge in [-0.1, -0.05) is 0 Å². The van der Waals surface area contributed by atoms with Gasteiger partial charge in [0.15, 0.2) is 0 Å². The van der Waals surface area contributed by atoms with Crippen LogP contribution in [0.15, 0.2) is 0 Å². The molecule has 0 amide bonds. The van der Waals surface area contributed by atoms with Crippen molar-refractivity contribution in [2.75, 3.05) is 33.9 Å². The van der Waals surface area contributed by atoms with Crippen LogP contribution in [0.5, 0.6) is 0 Å². The number of ether oxygens (including phenoxy) is 1. The number of likely N-dealkylation sites (N-methyl/N-ethyl adjacent to an activating group) is 1. The Morgan fingerprint density at radius 2 is 2.10 bits per heavy atom. The highest BCUT2D eigenvalue weighted by Crippen LogP contribution is 2.21. The van der Waals surface area contributed by atoms with Crippen LogP contribution in [0.1, 0.15) is 0 Å². The van der Waals surface area contributed by atoms with E-state index in [2.05, 4.69) is 4.90 Å². The maximum absolute atomic E-state index is 8.80. The zero-order valence-corrected chi connectivity index (χ0v) is 7.15. The SMILES string of the molecule is COC1(CO)CN(C)C1.Cl. The molecule has 1 saturated heterocycles. The van der Waals surface area contributed by atoms with E-state index in [4.69, 9.17) is 9.84 Å². The van der Waals surface area contributed by atoms with Gasteiger partial charge in [0.25, 0.3) is 0 Å². The van der Waals surface area contributed by atoms with E-state index < -0.39 is 0 Å². The molecule has 10 heavy (non-hydrogen) atoms. The number of aliphatic hydroxyl groups excluding tert-OH is 1. The Balaban J connectivity index is 0.000000810. The van der Waals surface area contributed by atoms with Gasteiger partial charge in [-0.15, -0.1) is 12.4 Å². The van der Waals surface area contributed by atoms with E-state index >= 15 is 0 Å². The van der Waals surface area contributed by atoms with Crippen molar-refractivity contribution in [2.24, 2.45) is 0 Å². The van der Waals surface area contributed by atoms with Crippen LogP contribution in [0, 0.1) is 0 Å². The average molecular weight is 168 g/mol. The van der Waals surface area contributed by atoms with E-state index in [-0.39, 0.29) is 24.6 Å². The van der Waals surface area contributed by atoms with Gasteiger partial charge < -0.3 is 14.7 Å². The van der Waals surface area contributed by atoms with Gasteiger partial charge in [0, 0.05) is 20.2 Å². The van der Waals surface area contributed by atoms with Gasteiger partial charge in [0.05, 0.1) is 6.61 Å². The lowest BCUT2D eigenvalue weighted by atomic mass is 9.96. The van der Waals surface area contributed by atoms with Crippen molar-refractivity contribution in [1.82, 2.24) is 4.90 Å². The Bertz CT molecular complexity index is 97.9. The van der Waals surface area contributed by atoms with Crippen molar-refractivity contribution < 1.29 is 9.84 Å². The van der Waals surface area contributed by atoms with Crippen LogP contribution in [0.2, 0.25) is 0 Å². The molecule has 1 fully saturated rings. The Labute approximate surface area is 67.4 Å². The number of rotatable bonds is 2. The molecule has 1 aliphatic heterocycles. The molecule has 0 aromatic heterocycles. The molecule has 0 unspecified atom stereocenters. The van der Waals surface area contributed by atoms with Crippen LogP contribution in [0.3, 0.4) is 0 Å². The predicted octanol–water partition coefficient (Wildman–Crippen LogP) is -0.269. The summed E-state index contributed by atoms with van der Waals surface area (Å²) in [6, 6.07) is 0. The number of hydrogen-bond donors (Lipinski definition) is 1. The summed E-state index contributed by atoms with van der Waals surface area (Å²) in [5.41, 5.74) is -0.241. The molecule has 0 spiro atoms. The lowest BCUT2D eigenvalue weighted by Crippen LogP contribution is -2.63. The van der Waals surface area contributed by atoms with Crippen molar-refractivity contribution in [3.05, 3.63) is 0 Å². The summed E-state index contributed by atoms with van der Waals surface area (Å²) >= 11 is 0. The first-order valence-corrected chi connectivity index (χ1v) is 3.07. The van der Waals surface area contributed by atoms with Crippen molar-refractivity contribution >= 4 is 12.4 Å². The minimum atomic E-state index is -0.241. The highest BCUT2D eigenvalue weighted by atomic mass is 35.5. The van der Waals surface area contributed by atoms with Crippen LogP contribution in [0.4, 0.5) is 0 Å². The largest absolute Gasteiger partial charge is 0.393 e. The van der Waals surface area contributed by atoms with E-state index in [1.54, 1.807) is 7.11 Å². The Morgan fingerprint density at radius 3 is 2.20 bits per heavy atom. The van der Waals surface area contributed by atoms with E-state index in [1.165, 1.54) is 0 Å². The van der Waals surface area contributed by atoms with E-state index in [9.17, 15) is 0 Å². The van der Waals surface area contributed by atoms with Crippen molar-refractivity contribution in [3.8, 4) is 0 Å². The molecule has 0 atom stereocenters. The summed E-state index contributed by atoms with van der Waals surface area (Å²) in [7, 11) is 3.65. The van der Waals surface area contributed by atoms with E-state index in [0.29, 0.717) is 0 Å². The molecule has 62 valence electrons. The van der Waals surface area contributed by atoms with E-state index in [0.717, 1.165) is 13.1 Å². The van der Waals surface area contributed by atoms with Gasteiger partial charge >= 0.3 is 0 Å². The second kappa shape index (κ2) is 3.53. The second-order valence-corrected chi connectivity index (χ2v) is 2.72. The topological polar surface area (TPSA) is 32.7 Å². The molecule has 0 aromatic carbocycles. The zero-order chi connectivity index (χ0) is 6.91. The molecule has 0 bridgehead atoms. The first-order chi connectivity index (χ1) is 4.22. The number of nitrogens with zero attached hydrogens (tertiary/aromatic N) is 1. The average Bonchev–Trinajstić information content (AvgIpc) is 1.81. The molecule has 0 radical (unpaired) electrons. The van der Waals surface area contributed by atoms with Crippen molar-refractivity contribution in [1.29, 1.82) is 0 Å². The van der Waals surface area contributed by atoms with Crippen molar-refractivity contribution in [2.45, 2.75) is 5.60 Å². The molecular formula is C6H14ClNO2. The van der Waals surface area contributed by atoms with Gasteiger partial charge in [-0.3, -0.25) is 0 Å². The third-order valence-electron chi connectivity index (χ3n) is 1.84. The molecule has 1 aliphatic rings. The third-order valence-corrected chi connectivity index (χ3v) is 1.84. The lowest BCUT2D eigenvalue weighted by molar-refractivity contribution is -0.140. The summed E-state index contributed by atoms with van der Waals surface area (Å²) in [5.74, 6) is 0. The molecule has 0 aromatic rings. The Hall–Kier alpha value is 0.170. The molecule has 1 rings (SSSR count). The zero-order valence-electron chi connectivity index (χ0n) is 6.33. The maximum Gasteiger partial charge on any atom is 0.116 e. The fourth-order valence-corrected chi connectivity index (χ4v) is 1.23. The molecule has 4 heteroatoms. The summed E-state index contributed by atoms with van der Waals surface area (Å²) in [5, 5.41) is 8.80. The lowest BCUT2D eigenvalue weighted by Gasteiger charge is -2.46. The minimum Gasteiger partial charge on any atom is -0.393 e. The summed E-state index contributed by atoms with van der Waals surface area (Å²) in [6.07, 6.45) is 0. The normalized spacial score (nSPS) is 23.1. The minimum absolute atomic E-state index is 0. The maximum atomic E-state index is 8.80. The summed E-state index contributed by atoms with van der Waals surface area (Å²) in [6.45, 7) is 1.83. The van der Waals surface area contributed by atoms with Gasteiger partial charge in [0.1, 0.15) is 5.60 Å². The van der Waals surface area contributed by atoms with Crippen LogP contribution < -0.4 is 0 Å².